The van der Waals surface area contributed by atoms with Gasteiger partial charge in [0, 0.05) is 12.7 Å². The van der Waals surface area contributed by atoms with E-state index in [4.69, 9.17) is 9.47 Å². The minimum atomic E-state index is -0.637. The Labute approximate surface area is 190 Å². The normalized spacial score (nSPS) is 16.6. The first-order valence-electron chi connectivity index (χ1n) is 11.0. The maximum Gasteiger partial charge on any atom is 0.420 e. The van der Waals surface area contributed by atoms with E-state index >= 15 is 0 Å². The monoisotopic (exact) mass is 439 g/mol. The minimum Gasteiger partial charge on any atom is -0.444 e. The molecule has 7 heteroatoms. The summed E-state index contributed by atoms with van der Waals surface area (Å²) in [5.41, 5.74) is 0.394. The molecule has 1 saturated heterocycles. The Morgan fingerprint density at radius 3 is 2.19 bits per heavy atom. The molecule has 1 aromatic heterocycles. The molecule has 0 radical (unpaired) electrons. The van der Waals surface area contributed by atoms with Crippen LogP contribution in [0.25, 0.3) is 0 Å². The van der Waals surface area contributed by atoms with Crippen molar-refractivity contribution in [1.82, 2.24) is 9.88 Å². The van der Waals surface area contributed by atoms with Crippen LogP contribution in [-0.2, 0) is 9.47 Å². The van der Waals surface area contributed by atoms with Crippen LogP contribution < -0.4 is 4.90 Å². The molecule has 0 bridgehead atoms. The van der Waals surface area contributed by atoms with Crippen molar-refractivity contribution in [3.8, 4) is 0 Å². The van der Waals surface area contributed by atoms with Crippen molar-refractivity contribution in [2.75, 3.05) is 11.4 Å². The predicted octanol–water partition coefficient (Wildman–Crippen LogP) is 6.23. The second-order valence-electron chi connectivity index (χ2n) is 9.93. The zero-order valence-electron chi connectivity index (χ0n) is 19.8. The van der Waals surface area contributed by atoms with E-state index in [9.17, 15) is 9.59 Å². The van der Waals surface area contributed by atoms with Crippen molar-refractivity contribution >= 4 is 23.7 Å². The van der Waals surface area contributed by atoms with Gasteiger partial charge in [-0.05, 0) is 78.1 Å². The average molecular weight is 440 g/mol. The highest BCUT2D eigenvalue weighted by atomic mass is 16.6. The molecule has 1 unspecified atom stereocenters. The first-order valence-corrected chi connectivity index (χ1v) is 11.0. The highest BCUT2D eigenvalue weighted by Gasteiger charge is 2.34. The number of aromatic nitrogens is 1. The van der Waals surface area contributed by atoms with Gasteiger partial charge in [-0.2, -0.15) is 0 Å². The number of anilines is 2. The van der Waals surface area contributed by atoms with E-state index in [1.165, 1.54) is 4.90 Å². The molecule has 0 spiro atoms. The van der Waals surface area contributed by atoms with E-state index in [-0.39, 0.29) is 12.1 Å². The molecule has 2 amide bonds. The van der Waals surface area contributed by atoms with Gasteiger partial charge in [-0.3, -0.25) is 0 Å². The van der Waals surface area contributed by atoms with Crippen LogP contribution >= 0.6 is 0 Å². The molecule has 1 aliphatic rings. The molecular formula is C25H33N3O4. The lowest BCUT2D eigenvalue weighted by molar-refractivity contribution is 0.0224. The fourth-order valence-corrected chi connectivity index (χ4v) is 3.60. The summed E-state index contributed by atoms with van der Waals surface area (Å²) in [5, 5.41) is 0. The minimum absolute atomic E-state index is 0.0990. The van der Waals surface area contributed by atoms with Gasteiger partial charge >= 0.3 is 12.2 Å². The molecule has 0 aliphatic carbocycles. The number of pyridine rings is 1. The molecule has 2 heterocycles. The topological polar surface area (TPSA) is 72.0 Å². The third kappa shape index (κ3) is 5.99. The molecule has 1 fully saturated rings. The molecule has 0 N–H and O–H groups in total. The highest BCUT2D eigenvalue weighted by Crippen LogP contribution is 2.34. The van der Waals surface area contributed by atoms with Crippen LogP contribution in [0.3, 0.4) is 0 Å². The lowest BCUT2D eigenvalue weighted by atomic mass is 10.1. The summed E-state index contributed by atoms with van der Waals surface area (Å²) < 4.78 is 11.2. The molecule has 0 saturated carbocycles. The van der Waals surface area contributed by atoms with Crippen LogP contribution in [0.4, 0.5) is 21.1 Å². The van der Waals surface area contributed by atoms with Crippen LogP contribution in [0.2, 0.25) is 0 Å². The Balaban J connectivity index is 1.86. The Morgan fingerprint density at radius 1 is 0.969 bits per heavy atom. The zero-order chi connectivity index (χ0) is 23.5. The molecule has 1 atom stereocenters. The van der Waals surface area contributed by atoms with Gasteiger partial charge in [0.1, 0.15) is 17.0 Å². The van der Waals surface area contributed by atoms with E-state index < -0.39 is 17.3 Å². The summed E-state index contributed by atoms with van der Waals surface area (Å²) in [6.07, 6.45) is 2.65. The van der Waals surface area contributed by atoms with E-state index in [0.29, 0.717) is 18.1 Å². The SMILES string of the molecule is CC(C)(C)OC(=O)N(c1ccccc1)c1ccc(C2CCCN2C(=O)OC(C)(C)C)cn1. The Kier molecular flexibility index (Phi) is 6.77. The van der Waals surface area contributed by atoms with Gasteiger partial charge < -0.3 is 14.4 Å². The summed E-state index contributed by atoms with van der Waals surface area (Å²) >= 11 is 0. The molecule has 7 nitrogen and oxygen atoms in total. The lowest BCUT2D eigenvalue weighted by Crippen LogP contribution is -2.36. The van der Waals surface area contributed by atoms with Gasteiger partial charge in [-0.25, -0.2) is 19.5 Å². The molecule has 1 aliphatic heterocycles. The summed E-state index contributed by atoms with van der Waals surface area (Å²) in [7, 11) is 0. The van der Waals surface area contributed by atoms with E-state index in [2.05, 4.69) is 4.98 Å². The van der Waals surface area contributed by atoms with Crippen molar-refractivity contribution in [3.05, 3.63) is 54.2 Å². The smallest absolute Gasteiger partial charge is 0.420 e. The second kappa shape index (κ2) is 9.18. The highest BCUT2D eigenvalue weighted by molar-refractivity contribution is 5.95. The van der Waals surface area contributed by atoms with Crippen LogP contribution in [0.1, 0.15) is 66.0 Å². The number of hydrogen-bond donors (Lipinski definition) is 0. The molecule has 2 aromatic rings. The van der Waals surface area contributed by atoms with Crippen molar-refractivity contribution < 1.29 is 19.1 Å². The van der Waals surface area contributed by atoms with Crippen molar-refractivity contribution in [3.63, 3.8) is 0 Å². The molecule has 3 rings (SSSR count). The Morgan fingerprint density at radius 2 is 1.62 bits per heavy atom. The van der Waals surface area contributed by atoms with Crippen LogP contribution in [0, 0.1) is 0 Å². The van der Waals surface area contributed by atoms with E-state index in [1.807, 2.05) is 77.9 Å². The number of amides is 2. The lowest BCUT2D eigenvalue weighted by Gasteiger charge is -2.29. The third-order valence-corrected chi connectivity index (χ3v) is 4.86. The second-order valence-corrected chi connectivity index (χ2v) is 9.93. The first-order chi connectivity index (χ1) is 14.9. The van der Waals surface area contributed by atoms with E-state index in [1.54, 1.807) is 17.2 Å². The fourth-order valence-electron chi connectivity index (χ4n) is 3.60. The number of hydrogen-bond acceptors (Lipinski definition) is 5. The van der Waals surface area contributed by atoms with Gasteiger partial charge in [0.15, 0.2) is 0 Å². The predicted molar refractivity (Wildman–Crippen MR) is 124 cm³/mol. The van der Waals surface area contributed by atoms with Gasteiger partial charge in [-0.15, -0.1) is 0 Å². The molecular weight excluding hydrogens is 406 g/mol. The number of rotatable bonds is 3. The number of carbonyl (C=O) groups is 2. The number of para-hydroxylation sites is 1. The number of likely N-dealkylation sites (tertiary alicyclic amines) is 1. The molecule has 172 valence electrons. The largest absolute Gasteiger partial charge is 0.444 e. The number of carbonyl (C=O) groups excluding carboxylic acids is 2. The van der Waals surface area contributed by atoms with Crippen molar-refractivity contribution in [2.45, 2.75) is 71.6 Å². The third-order valence-electron chi connectivity index (χ3n) is 4.86. The van der Waals surface area contributed by atoms with Gasteiger partial charge in [0.2, 0.25) is 0 Å². The van der Waals surface area contributed by atoms with Crippen LogP contribution in [0.5, 0.6) is 0 Å². The first kappa shape index (κ1) is 23.6. The van der Waals surface area contributed by atoms with Gasteiger partial charge in [0.25, 0.3) is 0 Å². The average Bonchev–Trinajstić information content (AvgIpc) is 3.17. The summed E-state index contributed by atoms with van der Waals surface area (Å²) in [6.45, 7) is 11.7. The van der Waals surface area contributed by atoms with E-state index in [0.717, 1.165) is 18.4 Å². The van der Waals surface area contributed by atoms with Crippen molar-refractivity contribution in [1.29, 1.82) is 0 Å². The number of benzene rings is 1. The zero-order valence-corrected chi connectivity index (χ0v) is 19.8. The maximum absolute atomic E-state index is 13.0. The molecule has 1 aromatic carbocycles. The summed E-state index contributed by atoms with van der Waals surface area (Å²) in [4.78, 5) is 33.4. The van der Waals surface area contributed by atoms with Crippen LogP contribution in [0.15, 0.2) is 48.7 Å². The summed E-state index contributed by atoms with van der Waals surface area (Å²) in [6, 6.07) is 12.9. The Hall–Kier alpha value is -3.09. The molecule has 32 heavy (non-hydrogen) atoms. The standard InChI is InChI=1S/C25H33N3O4/c1-24(2,3)31-22(29)27-16-10-13-20(27)18-14-15-21(26-17-18)28(19-11-8-7-9-12-19)23(30)32-25(4,5)6/h7-9,11-12,14-15,17,20H,10,13,16H2,1-6H3. The van der Waals surface area contributed by atoms with Crippen molar-refractivity contribution in [2.24, 2.45) is 0 Å². The Bertz CT molecular complexity index is 930. The number of ether oxygens (including phenoxy) is 2. The fraction of sp³-hybridized carbons (Fsp3) is 0.480. The van der Waals surface area contributed by atoms with Crippen LogP contribution in [-0.4, -0.2) is 39.8 Å². The number of nitrogens with zero attached hydrogens (tertiary/aromatic N) is 3. The van der Waals surface area contributed by atoms with Gasteiger partial charge in [0.05, 0.1) is 11.7 Å². The maximum atomic E-state index is 13.0. The van der Waals surface area contributed by atoms with Gasteiger partial charge in [-0.1, -0.05) is 24.3 Å². The summed E-state index contributed by atoms with van der Waals surface area (Å²) in [5.74, 6) is 0.455. The quantitative estimate of drug-likeness (QED) is 0.567.